The van der Waals surface area contributed by atoms with E-state index in [0.29, 0.717) is 39.3 Å². The molecule has 28 heavy (non-hydrogen) atoms. The largest absolute Gasteiger partial charge is 0.450 e. The maximum atomic E-state index is 13.9. The number of nitrogens with one attached hydrogen (secondary N) is 1. The number of fused-ring (bicyclic) bond motifs is 2. The highest BCUT2D eigenvalue weighted by molar-refractivity contribution is 7.16. The first-order valence-corrected chi connectivity index (χ1v) is 10.5. The maximum Gasteiger partial charge on any atom is 0.409 e. The number of thiophene rings is 1. The quantitative estimate of drug-likeness (QED) is 0.831. The molecule has 0 unspecified atom stereocenters. The van der Waals surface area contributed by atoms with Crippen LogP contribution < -0.4 is 10.3 Å². The maximum absolute atomic E-state index is 13.9. The molecule has 0 saturated carbocycles. The van der Waals surface area contributed by atoms with Crippen molar-refractivity contribution in [1.29, 1.82) is 0 Å². The predicted octanol–water partition coefficient (Wildman–Crippen LogP) is 4.20. The van der Waals surface area contributed by atoms with Gasteiger partial charge in [-0.05, 0) is 37.6 Å². The summed E-state index contributed by atoms with van der Waals surface area (Å²) in [6.07, 6.45) is 0.727. The number of anilines is 3. The fourth-order valence-electron chi connectivity index (χ4n) is 3.66. The number of carbonyl (C=O) groups excluding carboxylic acids is 1. The molecule has 150 valence electrons. The minimum absolute atomic E-state index is 0.252. The highest BCUT2D eigenvalue weighted by atomic mass is 32.1. The lowest BCUT2D eigenvalue weighted by molar-refractivity contribution is 0.0799. The third-order valence-electron chi connectivity index (χ3n) is 5.10. The van der Waals surface area contributed by atoms with E-state index in [1.165, 1.54) is 21.5 Å². The Labute approximate surface area is 168 Å². The molecule has 0 aliphatic carbocycles. The van der Waals surface area contributed by atoms with Crippen LogP contribution in [0, 0.1) is 5.82 Å². The van der Waals surface area contributed by atoms with E-state index in [9.17, 15) is 9.18 Å². The Morgan fingerprint density at radius 3 is 2.71 bits per heavy atom. The zero-order valence-corrected chi connectivity index (χ0v) is 17.0. The summed E-state index contributed by atoms with van der Waals surface area (Å²) in [6, 6.07) is 7.11. The van der Waals surface area contributed by atoms with Gasteiger partial charge in [-0.1, -0.05) is 6.92 Å². The number of nitrogens with zero attached hydrogens (tertiary/aromatic N) is 3. The van der Waals surface area contributed by atoms with Crippen LogP contribution in [0.5, 0.6) is 0 Å². The summed E-state index contributed by atoms with van der Waals surface area (Å²) in [5.74, 6) is -0.252. The molecule has 2 aliphatic rings. The van der Waals surface area contributed by atoms with E-state index >= 15 is 0 Å². The first-order chi connectivity index (χ1) is 13.6. The van der Waals surface area contributed by atoms with Gasteiger partial charge in [0.15, 0.2) is 0 Å². The molecule has 1 fully saturated rings. The van der Waals surface area contributed by atoms with Gasteiger partial charge in [0.1, 0.15) is 10.8 Å². The first-order valence-electron chi connectivity index (χ1n) is 9.72. The Balaban J connectivity index is 1.66. The Hall–Kier alpha value is -2.32. The van der Waals surface area contributed by atoms with Gasteiger partial charge in [0.05, 0.1) is 18.0 Å². The number of halogens is 1. The van der Waals surface area contributed by atoms with E-state index in [0.717, 1.165) is 17.8 Å². The zero-order chi connectivity index (χ0) is 19.7. The lowest BCUT2D eigenvalue weighted by Gasteiger charge is -2.41. The number of hydrogen-bond donors (Lipinski definition) is 1. The molecule has 0 spiro atoms. The summed E-state index contributed by atoms with van der Waals surface area (Å²) in [6.45, 7) is 7.60. The van der Waals surface area contributed by atoms with Crippen LogP contribution >= 0.6 is 11.3 Å². The van der Waals surface area contributed by atoms with Gasteiger partial charge in [0.2, 0.25) is 0 Å². The summed E-state index contributed by atoms with van der Waals surface area (Å²) in [4.78, 5) is 15.1. The number of rotatable bonds is 3. The molecule has 0 atom stereocenters. The Morgan fingerprint density at radius 1 is 1.21 bits per heavy atom. The number of hydrazine groups is 1. The molecule has 1 aromatic carbocycles. The molecule has 4 rings (SSSR count). The predicted molar refractivity (Wildman–Crippen MR) is 110 cm³/mol. The van der Waals surface area contributed by atoms with Crippen molar-refractivity contribution in [2.45, 2.75) is 26.8 Å². The van der Waals surface area contributed by atoms with Gasteiger partial charge >= 0.3 is 6.09 Å². The average Bonchev–Trinajstić information content (AvgIpc) is 3.05. The third kappa shape index (κ3) is 3.54. The Kier molecular flexibility index (Phi) is 5.41. The smallest absolute Gasteiger partial charge is 0.409 e. The van der Waals surface area contributed by atoms with Crippen LogP contribution in [-0.4, -0.2) is 48.8 Å². The molecule has 1 N–H and O–H groups in total. The average molecular weight is 405 g/mol. The standard InChI is InChI=1S/C20H25FN4O2S/c1-3-16-11-14-13-22-17-12-15(21)5-6-18(17)25(19(14)28-16)24-9-7-23(8-10-24)20(26)27-4-2/h5-6,11-12,22H,3-4,7-10,13H2,1-2H3. The molecule has 1 aromatic heterocycles. The van der Waals surface area contributed by atoms with Crippen LogP contribution in [0.15, 0.2) is 24.3 Å². The second kappa shape index (κ2) is 7.97. The lowest BCUT2D eigenvalue weighted by atomic mass is 10.2. The van der Waals surface area contributed by atoms with Gasteiger partial charge in [0, 0.05) is 43.2 Å². The monoisotopic (exact) mass is 404 g/mol. The molecule has 0 bridgehead atoms. The van der Waals surface area contributed by atoms with Crippen molar-refractivity contribution in [1.82, 2.24) is 9.91 Å². The first kappa shape index (κ1) is 19.0. The van der Waals surface area contributed by atoms with E-state index in [4.69, 9.17) is 4.74 Å². The van der Waals surface area contributed by atoms with Gasteiger partial charge < -0.3 is 15.0 Å². The Morgan fingerprint density at radius 2 is 2.00 bits per heavy atom. The molecule has 2 aliphatic heterocycles. The van der Waals surface area contributed by atoms with E-state index in [-0.39, 0.29) is 11.9 Å². The minimum atomic E-state index is -0.257. The topological polar surface area (TPSA) is 48.1 Å². The van der Waals surface area contributed by atoms with Crippen LogP contribution in [0.3, 0.4) is 0 Å². The van der Waals surface area contributed by atoms with E-state index in [1.54, 1.807) is 22.3 Å². The number of hydrogen-bond acceptors (Lipinski definition) is 6. The van der Waals surface area contributed by atoms with Crippen molar-refractivity contribution in [3.05, 3.63) is 40.5 Å². The van der Waals surface area contributed by atoms with E-state index in [2.05, 4.69) is 28.3 Å². The molecule has 0 radical (unpaired) electrons. The van der Waals surface area contributed by atoms with Gasteiger partial charge in [-0.15, -0.1) is 11.3 Å². The van der Waals surface area contributed by atoms with Gasteiger partial charge in [-0.2, -0.15) is 0 Å². The molecule has 2 aromatic rings. The van der Waals surface area contributed by atoms with Crippen LogP contribution in [0.2, 0.25) is 0 Å². The fourth-order valence-corrected chi connectivity index (χ4v) is 4.82. The lowest BCUT2D eigenvalue weighted by Crippen LogP contribution is -2.53. The van der Waals surface area contributed by atoms with Crippen molar-refractivity contribution in [2.24, 2.45) is 0 Å². The molecule has 1 amide bonds. The summed E-state index contributed by atoms with van der Waals surface area (Å²) in [5, 5.41) is 9.00. The number of ether oxygens (including phenoxy) is 1. The van der Waals surface area contributed by atoms with Crippen LogP contribution in [0.25, 0.3) is 0 Å². The Bertz CT molecular complexity index is 864. The summed E-state index contributed by atoms with van der Waals surface area (Å²) >= 11 is 1.78. The normalized spacial score (nSPS) is 16.8. The SMILES string of the molecule is CCOC(=O)N1CCN(N2c3ccc(F)cc3NCc3cc(CC)sc32)CC1. The molecule has 1 saturated heterocycles. The highest BCUT2D eigenvalue weighted by Gasteiger charge is 2.31. The van der Waals surface area contributed by atoms with Crippen molar-refractivity contribution < 1.29 is 13.9 Å². The second-order valence-corrected chi connectivity index (χ2v) is 7.98. The van der Waals surface area contributed by atoms with Gasteiger partial charge in [-0.25, -0.2) is 14.2 Å². The second-order valence-electron chi connectivity index (χ2n) is 6.86. The zero-order valence-electron chi connectivity index (χ0n) is 16.2. The van der Waals surface area contributed by atoms with Crippen molar-refractivity contribution in [2.75, 3.05) is 43.1 Å². The molecular formula is C20H25FN4O2S. The summed E-state index contributed by atoms with van der Waals surface area (Å²) in [5.41, 5.74) is 2.94. The number of piperazine rings is 1. The van der Waals surface area contributed by atoms with E-state index < -0.39 is 0 Å². The van der Waals surface area contributed by atoms with Gasteiger partial charge in [0.25, 0.3) is 0 Å². The molecule has 8 heteroatoms. The highest BCUT2D eigenvalue weighted by Crippen LogP contribution is 2.44. The van der Waals surface area contributed by atoms with Crippen LogP contribution in [0.4, 0.5) is 25.6 Å². The van der Waals surface area contributed by atoms with E-state index in [1.807, 2.05) is 13.0 Å². The van der Waals surface area contributed by atoms with Crippen LogP contribution in [-0.2, 0) is 17.7 Å². The number of amides is 1. The van der Waals surface area contributed by atoms with Crippen molar-refractivity contribution in [3.8, 4) is 0 Å². The third-order valence-corrected chi connectivity index (χ3v) is 6.40. The van der Waals surface area contributed by atoms with Gasteiger partial charge in [-0.3, -0.25) is 5.01 Å². The number of carbonyl (C=O) groups is 1. The van der Waals surface area contributed by atoms with Crippen LogP contribution in [0.1, 0.15) is 24.3 Å². The number of benzene rings is 1. The summed E-state index contributed by atoms with van der Waals surface area (Å²) < 4.78 is 19.0. The van der Waals surface area contributed by atoms with Crippen molar-refractivity contribution in [3.63, 3.8) is 0 Å². The fraction of sp³-hybridized carbons (Fsp3) is 0.450. The molecule has 3 heterocycles. The van der Waals surface area contributed by atoms with Crippen molar-refractivity contribution >= 4 is 33.8 Å². The minimum Gasteiger partial charge on any atom is -0.450 e. The molecular weight excluding hydrogens is 379 g/mol. The molecule has 6 nitrogen and oxygen atoms in total. The number of aryl methyl sites for hydroxylation is 1. The summed E-state index contributed by atoms with van der Waals surface area (Å²) in [7, 11) is 0.